The maximum atomic E-state index is 5.08. The molecular weight excluding hydrogens is 90.1 g/mol. The fourth-order valence-electron chi connectivity index (χ4n) is 0.282. The monoisotopic (exact) mass is 103 g/mol. The van der Waals surface area contributed by atoms with E-state index in [-0.39, 0.29) is 0 Å². The zero-order valence-corrected chi connectivity index (χ0v) is 4.98. The molecule has 0 heterocycles. The van der Waals surface area contributed by atoms with Crippen LogP contribution < -0.4 is 5.73 Å². The minimum absolute atomic E-state index is 0.324. The van der Waals surface area contributed by atoms with E-state index in [2.05, 4.69) is 6.92 Å². The summed E-state index contributed by atoms with van der Waals surface area (Å²) < 4.78 is 4.97. The summed E-state index contributed by atoms with van der Waals surface area (Å²) in [6.45, 7) is 4.42. The number of ether oxygens (including phenoxy) is 1. The molecule has 0 fully saturated rings. The second kappa shape index (κ2) is 4.09. The summed E-state index contributed by atoms with van der Waals surface area (Å²) in [5, 5.41) is 0. The molecule has 44 valence electrons. The van der Waals surface area contributed by atoms with Crippen molar-refractivity contribution >= 4 is 0 Å². The number of nitrogens with two attached hydrogens (primary N) is 1. The van der Waals surface area contributed by atoms with E-state index >= 15 is 0 Å². The molecule has 7 heavy (non-hydrogen) atoms. The lowest BCUT2D eigenvalue weighted by molar-refractivity contribution is 0.0687. The molecule has 0 aromatic rings. The third kappa shape index (κ3) is 3.76. The molecule has 0 rings (SSSR count). The van der Waals surface area contributed by atoms with Gasteiger partial charge in [0.15, 0.2) is 0 Å². The van der Waals surface area contributed by atoms with Crippen molar-refractivity contribution in [2.45, 2.75) is 26.4 Å². The van der Waals surface area contributed by atoms with Gasteiger partial charge in [-0.2, -0.15) is 0 Å². The second-order valence-electron chi connectivity index (χ2n) is 1.55. The van der Waals surface area contributed by atoms with Crippen molar-refractivity contribution in [3.8, 4) is 0 Å². The Morgan fingerprint density at radius 3 is 2.43 bits per heavy atom. The molecule has 0 radical (unpaired) electrons. The summed E-state index contributed by atoms with van der Waals surface area (Å²) in [5.74, 6) is 0. The minimum atomic E-state index is 0.324. The Kier molecular flexibility index (Phi) is 4.04. The molecule has 0 amide bonds. The summed E-state index contributed by atoms with van der Waals surface area (Å²) >= 11 is 0. The van der Waals surface area contributed by atoms with Gasteiger partial charge in [-0.3, -0.25) is 0 Å². The maximum absolute atomic E-state index is 5.08. The van der Waals surface area contributed by atoms with Gasteiger partial charge in [-0.15, -0.1) is 0 Å². The van der Waals surface area contributed by atoms with Crippen LogP contribution in [0.5, 0.6) is 0 Å². The van der Waals surface area contributed by atoms with Crippen LogP contribution in [-0.4, -0.2) is 12.8 Å². The standard InChI is InChI=1S/C5H13NO/c1-3-5(2)7-4-6/h5H,3-4,6H2,1-2H3/t5-/m0/s1. The SMILES string of the molecule is CC[C@H](C)OCN. The molecule has 2 nitrogen and oxygen atoms in total. The normalized spacial score (nSPS) is 14.1. The Hall–Kier alpha value is -0.0800. The number of hydrogen-bond acceptors (Lipinski definition) is 2. The molecule has 0 aliphatic heterocycles. The van der Waals surface area contributed by atoms with Gasteiger partial charge < -0.3 is 10.5 Å². The molecular formula is C5H13NO. The highest BCUT2D eigenvalue weighted by Gasteiger charge is 1.92. The van der Waals surface area contributed by atoms with E-state index in [4.69, 9.17) is 10.5 Å². The lowest BCUT2D eigenvalue weighted by Gasteiger charge is -2.05. The predicted molar refractivity (Wildman–Crippen MR) is 29.9 cm³/mol. The van der Waals surface area contributed by atoms with Gasteiger partial charge in [0.1, 0.15) is 0 Å². The molecule has 0 unspecified atom stereocenters. The van der Waals surface area contributed by atoms with Crippen molar-refractivity contribution < 1.29 is 4.74 Å². The summed E-state index contributed by atoms with van der Waals surface area (Å²) in [6.07, 6.45) is 1.36. The maximum Gasteiger partial charge on any atom is 0.0943 e. The van der Waals surface area contributed by atoms with Crippen molar-refractivity contribution in [2.24, 2.45) is 5.73 Å². The molecule has 2 heteroatoms. The largest absolute Gasteiger partial charge is 0.364 e. The van der Waals surface area contributed by atoms with Gasteiger partial charge in [-0.1, -0.05) is 6.92 Å². The quantitative estimate of drug-likeness (QED) is 0.534. The smallest absolute Gasteiger partial charge is 0.0943 e. The van der Waals surface area contributed by atoms with Crippen LogP contribution in [0.15, 0.2) is 0 Å². The van der Waals surface area contributed by atoms with Crippen molar-refractivity contribution in [1.29, 1.82) is 0 Å². The lowest BCUT2D eigenvalue weighted by Crippen LogP contribution is -2.12. The Balaban J connectivity index is 2.83. The van der Waals surface area contributed by atoms with Crippen LogP contribution in [0, 0.1) is 0 Å². The van der Waals surface area contributed by atoms with E-state index in [1.807, 2.05) is 6.92 Å². The van der Waals surface area contributed by atoms with E-state index < -0.39 is 0 Å². The van der Waals surface area contributed by atoms with Gasteiger partial charge >= 0.3 is 0 Å². The first-order chi connectivity index (χ1) is 3.31. The summed E-state index contributed by atoms with van der Waals surface area (Å²) in [6, 6.07) is 0. The Bertz CT molecular complexity index is 39.1. The van der Waals surface area contributed by atoms with Crippen LogP contribution in [0.1, 0.15) is 20.3 Å². The third-order valence-corrected chi connectivity index (χ3v) is 0.956. The number of rotatable bonds is 3. The molecule has 0 aromatic heterocycles. The van der Waals surface area contributed by atoms with Gasteiger partial charge in [0.25, 0.3) is 0 Å². The highest BCUT2D eigenvalue weighted by atomic mass is 16.5. The lowest BCUT2D eigenvalue weighted by atomic mass is 10.3. The van der Waals surface area contributed by atoms with Crippen molar-refractivity contribution in [1.82, 2.24) is 0 Å². The van der Waals surface area contributed by atoms with E-state index in [0.29, 0.717) is 12.8 Å². The van der Waals surface area contributed by atoms with Gasteiger partial charge in [0, 0.05) is 0 Å². The van der Waals surface area contributed by atoms with E-state index in [1.54, 1.807) is 0 Å². The van der Waals surface area contributed by atoms with Gasteiger partial charge in [-0.25, -0.2) is 0 Å². The van der Waals surface area contributed by atoms with Crippen molar-refractivity contribution in [2.75, 3.05) is 6.73 Å². The Labute approximate surface area is 44.7 Å². The first kappa shape index (κ1) is 6.92. The summed E-state index contributed by atoms with van der Waals surface area (Å²) in [4.78, 5) is 0. The molecule has 0 saturated heterocycles. The van der Waals surface area contributed by atoms with E-state index in [0.717, 1.165) is 6.42 Å². The van der Waals surface area contributed by atoms with Crippen LogP contribution in [0.4, 0.5) is 0 Å². The Morgan fingerprint density at radius 2 is 2.29 bits per heavy atom. The van der Waals surface area contributed by atoms with Crippen molar-refractivity contribution in [3.63, 3.8) is 0 Å². The van der Waals surface area contributed by atoms with Crippen LogP contribution in [0.25, 0.3) is 0 Å². The fraction of sp³-hybridized carbons (Fsp3) is 1.00. The zero-order chi connectivity index (χ0) is 5.70. The first-order valence-corrected chi connectivity index (χ1v) is 2.63. The second-order valence-corrected chi connectivity index (χ2v) is 1.55. The fourth-order valence-corrected chi connectivity index (χ4v) is 0.282. The molecule has 0 aromatic carbocycles. The van der Waals surface area contributed by atoms with Crippen LogP contribution in [0.2, 0.25) is 0 Å². The average molecular weight is 103 g/mol. The topological polar surface area (TPSA) is 35.2 Å². The predicted octanol–water partition coefficient (Wildman–Crippen LogP) is 0.718. The van der Waals surface area contributed by atoms with Crippen LogP contribution >= 0.6 is 0 Å². The van der Waals surface area contributed by atoms with Gasteiger partial charge in [-0.05, 0) is 13.3 Å². The molecule has 1 atom stereocenters. The minimum Gasteiger partial charge on any atom is -0.364 e. The highest BCUT2D eigenvalue weighted by Crippen LogP contribution is 1.91. The van der Waals surface area contributed by atoms with E-state index in [9.17, 15) is 0 Å². The molecule has 2 N–H and O–H groups in total. The molecule has 0 aliphatic rings. The average Bonchev–Trinajstić information content (AvgIpc) is 1.68. The van der Waals surface area contributed by atoms with Crippen LogP contribution in [0.3, 0.4) is 0 Å². The Morgan fingerprint density at radius 1 is 1.71 bits per heavy atom. The van der Waals surface area contributed by atoms with E-state index in [1.165, 1.54) is 0 Å². The van der Waals surface area contributed by atoms with Crippen molar-refractivity contribution in [3.05, 3.63) is 0 Å². The van der Waals surface area contributed by atoms with Gasteiger partial charge in [0.05, 0.1) is 12.8 Å². The molecule has 0 aliphatic carbocycles. The number of hydrogen-bond donors (Lipinski definition) is 1. The molecule has 0 bridgehead atoms. The first-order valence-electron chi connectivity index (χ1n) is 2.63. The third-order valence-electron chi connectivity index (χ3n) is 0.956. The molecule has 0 saturated carbocycles. The highest BCUT2D eigenvalue weighted by molar-refractivity contribution is 4.40. The zero-order valence-electron chi connectivity index (χ0n) is 4.98. The summed E-state index contributed by atoms with van der Waals surface area (Å²) in [7, 11) is 0. The molecule has 0 spiro atoms. The van der Waals surface area contributed by atoms with Gasteiger partial charge in [0.2, 0.25) is 0 Å². The van der Waals surface area contributed by atoms with Crippen LogP contribution in [-0.2, 0) is 4.74 Å². The summed E-state index contributed by atoms with van der Waals surface area (Å²) in [5.41, 5.74) is 5.08.